The molecular weight excluding hydrogens is 721 g/mol. The molecule has 1 aliphatic heterocycles. The Morgan fingerprint density at radius 1 is 0.569 bits per heavy atom. The van der Waals surface area contributed by atoms with Gasteiger partial charge in [-0.2, -0.15) is 0 Å². The summed E-state index contributed by atoms with van der Waals surface area (Å²) in [5, 5.41) is 11.1. The van der Waals surface area contributed by atoms with Crippen molar-refractivity contribution in [3.05, 3.63) is 0 Å². The average Bonchev–Trinajstić information content (AvgIpc) is 3.23. The van der Waals surface area contributed by atoms with Crippen LogP contribution in [0.1, 0.15) is 233 Å². The van der Waals surface area contributed by atoms with E-state index in [0.29, 0.717) is 6.61 Å². The summed E-state index contributed by atoms with van der Waals surface area (Å²) < 4.78 is 17.7. The fourth-order valence-corrected chi connectivity index (χ4v) is 8.71. The number of esters is 1. The lowest BCUT2D eigenvalue weighted by atomic mass is 9.94. The molecule has 0 aromatic carbocycles. The van der Waals surface area contributed by atoms with Gasteiger partial charge >= 0.3 is 5.97 Å². The zero-order valence-electron chi connectivity index (χ0n) is 39.6. The third kappa shape index (κ3) is 34.9. The molecule has 0 amide bonds. The van der Waals surface area contributed by atoms with Crippen molar-refractivity contribution in [2.24, 2.45) is 11.8 Å². The van der Waals surface area contributed by atoms with E-state index in [9.17, 15) is 9.90 Å². The van der Waals surface area contributed by atoms with E-state index in [-0.39, 0.29) is 18.0 Å². The van der Waals surface area contributed by atoms with Crippen LogP contribution in [0.15, 0.2) is 0 Å². The lowest BCUT2D eigenvalue weighted by Crippen LogP contribution is -2.45. The summed E-state index contributed by atoms with van der Waals surface area (Å²) in [6, 6.07) is 0. The first-order chi connectivity index (χ1) is 28.5. The number of β-amino-alcohol motifs (C(OH)–C–C–N with tert-alkyl or cyclic N) is 1. The first-order valence-electron chi connectivity index (χ1n) is 26.0. The molecule has 0 bridgehead atoms. The monoisotopic (exact) mass is 823 g/mol. The van der Waals surface area contributed by atoms with Crippen molar-refractivity contribution >= 4 is 5.97 Å². The number of carbonyl (C=O) groups excluding carboxylic acids is 1. The molecule has 1 fully saturated rings. The second-order valence-corrected chi connectivity index (χ2v) is 18.3. The Bertz CT molecular complexity index is 840. The average molecular weight is 823 g/mol. The van der Waals surface area contributed by atoms with Gasteiger partial charge in [0.15, 0.2) is 0 Å². The Kier molecular flexibility index (Phi) is 40.9. The minimum Gasteiger partial charge on any atom is -0.465 e. The van der Waals surface area contributed by atoms with Crippen LogP contribution in [-0.4, -0.2) is 99.3 Å². The molecule has 3 unspecified atom stereocenters. The number of rotatable bonds is 45. The number of unbranched alkanes of at least 4 members (excludes halogenated alkanes) is 22. The van der Waals surface area contributed by atoms with Crippen LogP contribution < -0.4 is 0 Å². The van der Waals surface area contributed by atoms with Gasteiger partial charge in [0, 0.05) is 39.4 Å². The van der Waals surface area contributed by atoms with Gasteiger partial charge in [-0.3, -0.25) is 9.69 Å². The van der Waals surface area contributed by atoms with Gasteiger partial charge in [-0.05, 0) is 70.4 Å². The molecule has 0 spiro atoms. The van der Waals surface area contributed by atoms with E-state index in [0.717, 1.165) is 129 Å². The lowest BCUT2D eigenvalue weighted by Gasteiger charge is -2.31. The quantitative estimate of drug-likeness (QED) is 0.0484. The topological polar surface area (TPSA) is 71.5 Å². The minimum atomic E-state index is -0.330. The van der Waals surface area contributed by atoms with Gasteiger partial charge in [0.05, 0.1) is 31.8 Å². The summed E-state index contributed by atoms with van der Waals surface area (Å²) in [5.41, 5.74) is 0. The minimum absolute atomic E-state index is 0.0579. The Hall–Kier alpha value is -0.730. The summed E-state index contributed by atoms with van der Waals surface area (Å²) in [4.78, 5) is 17.9. The van der Waals surface area contributed by atoms with Crippen LogP contribution >= 0.6 is 0 Å². The molecule has 0 saturated carbocycles. The first kappa shape index (κ1) is 55.3. The highest BCUT2D eigenvalue weighted by atomic mass is 16.5. The molecule has 3 atom stereocenters. The molecule has 58 heavy (non-hydrogen) atoms. The summed E-state index contributed by atoms with van der Waals surface area (Å²) in [6.45, 7) is 18.5. The van der Waals surface area contributed by atoms with Gasteiger partial charge in [-0.15, -0.1) is 0 Å². The molecule has 0 aromatic rings. The SMILES string of the molecule is CCCCCCCCC(CCCCCC)COCCCCCCN(CCCCCCOC(=O)C(CCCCCC)CCCCCCCC)CC(O)CN1CCOCC1. The van der Waals surface area contributed by atoms with Crippen molar-refractivity contribution in [1.82, 2.24) is 9.80 Å². The van der Waals surface area contributed by atoms with Crippen LogP contribution in [0.5, 0.6) is 0 Å². The Morgan fingerprint density at radius 2 is 1.00 bits per heavy atom. The van der Waals surface area contributed by atoms with Gasteiger partial charge in [0.1, 0.15) is 0 Å². The van der Waals surface area contributed by atoms with Crippen molar-refractivity contribution < 1.29 is 24.1 Å². The van der Waals surface area contributed by atoms with E-state index >= 15 is 0 Å². The normalized spacial score (nSPS) is 15.3. The number of hydrogen-bond acceptors (Lipinski definition) is 7. The van der Waals surface area contributed by atoms with E-state index in [2.05, 4.69) is 37.5 Å². The highest BCUT2D eigenvalue weighted by Gasteiger charge is 2.20. The maximum Gasteiger partial charge on any atom is 0.308 e. The number of aliphatic hydroxyl groups excluding tert-OH is 1. The zero-order valence-corrected chi connectivity index (χ0v) is 39.6. The predicted molar refractivity (Wildman–Crippen MR) is 249 cm³/mol. The summed E-state index contributed by atoms with van der Waals surface area (Å²) >= 11 is 0. The highest BCUT2D eigenvalue weighted by Crippen LogP contribution is 2.22. The summed E-state index contributed by atoms with van der Waals surface area (Å²) in [6.07, 6.45) is 39.6. The number of carbonyl (C=O) groups is 1. The number of hydrogen-bond donors (Lipinski definition) is 1. The smallest absolute Gasteiger partial charge is 0.308 e. The molecule has 0 aliphatic carbocycles. The van der Waals surface area contributed by atoms with Crippen molar-refractivity contribution in [3.63, 3.8) is 0 Å². The molecule has 1 heterocycles. The molecule has 1 N–H and O–H groups in total. The number of ether oxygens (including phenoxy) is 3. The maximum atomic E-state index is 13.1. The maximum absolute atomic E-state index is 13.1. The number of aliphatic hydroxyl groups is 1. The Labute approximate surface area is 362 Å². The van der Waals surface area contributed by atoms with Crippen LogP contribution in [0.3, 0.4) is 0 Å². The van der Waals surface area contributed by atoms with Crippen molar-refractivity contribution in [2.45, 2.75) is 239 Å². The highest BCUT2D eigenvalue weighted by molar-refractivity contribution is 5.72. The van der Waals surface area contributed by atoms with Gasteiger partial charge in [0.2, 0.25) is 0 Å². The van der Waals surface area contributed by atoms with Gasteiger partial charge in [0.25, 0.3) is 0 Å². The molecule has 0 aromatic heterocycles. The number of nitrogens with zero attached hydrogens (tertiary/aromatic N) is 2. The number of morpholine rings is 1. The van der Waals surface area contributed by atoms with E-state index in [1.807, 2.05) is 0 Å². The van der Waals surface area contributed by atoms with Crippen molar-refractivity contribution in [1.29, 1.82) is 0 Å². The molecule has 346 valence electrons. The fraction of sp³-hybridized carbons (Fsp3) is 0.980. The fourth-order valence-electron chi connectivity index (χ4n) is 8.71. The molecule has 1 rings (SSSR count). The molecule has 0 radical (unpaired) electrons. The zero-order chi connectivity index (χ0) is 42.0. The second kappa shape index (κ2) is 42.9. The third-order valence-corrected chi connectivity index (χ3v) is 12.6. The molecule has 1 saturated heterocycles. The summed E-state index contributed by atoms with van der Waals surface area (Å²) in [7, 11) is 0. The van der Waals surface area contributed by atoms with E-state index in [1.54, 1.807) is 0 Å². The third-order valence-electron chi connectivity index (χ3n) is 12.6. The molecule has 7 heteroatoms. The van der Waals surface area contributed by atoms with E-state index in [1.165, 1.54) is 148 Å². The first-order valence-corrected chi connectivity index (χ1v) is 26.0. The standard InChI is InChI=1S/C51H102N2O5/c1-5-9-13-17-19-26-34-48(33-25-15-11-7-3)47-57-41-31-23-21-29-37-52(45-50(54)46-53-39-43-56-44-40-53)38-30-22-24-32-42-58-51(55)49(35-27-16-12-8-4)36-28-20-18-14-10-6-2/h48-50,54H,5-47H2,1-4H3. The van der Waals surface area contributed by atoms with Gasteiger partial charge < -0.3 is 24.2 Å². The van der Waals surface area contributed by atoms with Gasteiger partial charge in [-0.1, -0.05) is 182 Å². The van der Waals surface area contributed by atoms with Crippen LogP contribution in [-0.2, 0) is 19.0 Å². The molecular formula is C51H102N2O5. The van der Waals surface area contributed by atoms with Crippen molar-refractivity contribution in [3.8, 4) is 0 Å². The predicted octanol–water partition coefficient (Wildman–Crippen LogP) is 13.3. The van der Waals surface area contributed by atoms with Crippen LogP contribution in [0.25, 0.3) is 0 Å². The van der Waals surface area contributed by atoms with Crippen LogP contribution in [0.2, 0.25) is 0 Å². The Morgan fingerprint density at radius 3 is 1.53 bits per heavy atom. The summed E-state index contributed by atoms with van der Waals surface area (Å²) in [5.74, 6) is 0.889. The van der Waals surface area contributed by atoms with Gasteiger partial charge in [-0.25, -0.2) is 0 Å². The Balaban J connectivity index is 2.40. The second-order valence-electron chi connectivity index (χ2n) is 18.3. The molecule has 1 aliphatic rings. The van der Waals surface area contributed by atoms with Crippen LogP contribution in [0.4, 0.5) is 0 Å². The van der Waals surface area contributed by atoms with E-state index < -0.39 is 0 Å². The van der Waals surface area contributed by atoms with Crippen LogP contribution in [0, 0.1) is 11.8 Å². The lowest BCUT2D eigenvalue weighted by molar-refractivity contribution is -0.149. The van der Waals surface area contributed by atoms with E-state index in [4.69, 9.17) is 14.2 Å². The van der Waals surface area contributed by atoms with Crippen molar-refractivity contribution in [2.75, 3.05) is 72.3 Å². The molecule has 7 nitrogen and oxygen atoms in total. The largest absolute Gasteiger partial charge is 0.465 e.